The molecule has 0 saturated carbocycles. The van der Waals surface area contributed by atoms with Crippen LogP contribution in [0.15, 0.2) is 36.4 Å². The highest BCUT2D eigenvalue weighted by atomic mass is 16.6. The summed E-state index contributed by atoms with van der Waals surface area (Å²) in [6.45, 7) is 2.56. The lowest BCUT2D eigenvalue weighted by Crippen LogP contribution is -2.41. The van der Waals surface area contributed by atoms with Gasteiger partial charge in [-0.15, -0.1) is 0 Å². The largest absolute Gasteiger partial charge is 0.493 e. The fraction of sp³-hybridized carbons (Fsp3) is 0.273. The molecule has 0 fully saturated rings. The van der Waals surface area contributed by atoms with Gasteiger partial charge in [0.1, 0.15) is 24.9 Å². The number of hydrogen-bond donors (Lipinski definition) is 3. The molecular formula is C22H23N3O6. The van der Waals surface area contributed by atoms with Crippen LogP contribution < -0.4 is 29.6 Å². The number of rotatable bonds is 6. The van der Waals surface area contributed by atoms with E-state index in [2.05, 4.69) is 15.6 Å². The van der Waals surface area contributed by atoms with Crippen LogP contribution in [0.25, 0.3) is 10.9 Å². The summed E-state index contributed by atoms with van der Waals surface area (Å²) in [5, 5.41) is 6.18. The number of fused-ring (bicyclic) bond motifs is 2. The Morgan fingerprint density at radius 2 is 1.81 bits per heavy atom. The van der Waals surface area contributed by atoms with Crippen molar-refractivity contribution in [3.63, 3.8) is 0 Å². The molecule has 2 heterocycles. The summed E-state index contributed by atoms with van der Waals surface area (Å²) in [5.74, 6) is 1.52. The van der Waals surface area contributed by atoms with Crippen LogP contribution in [0, 0.1) is 0 Å². The van der Waals surface area contributed by atoms with E-state index >= 15 is 0 Å². The van der Waals surface area contributed by atoms with Crippen molar-refractivity contribution in [2.45, 2.75) is 13.0 Å². The van der Waals surface area contributed by atoms with Gasteiger partial charge in [-0.3, -0.25) is 9.59 Å². The standard InChI is InChI=1S/C22H23N3O6/c1-12(21(26)24-13-4-6-17-19(10-13)31-9-8-30-17)23-22(27)16-11-14-15(25-16)5-7-18(28-2)20(14)29-3/h4-7,10-12,25H,8-9H2,1-3H3,(H,23,27)(H,24,26)/t12-/m0/s1. The lowest BCUT2D eigenvalue weighted by Gasteiger charge is -2.19. The lowest BCUT2D eigenvalue weighted by molar-refractivity contribution is -0.117. The highest BCUT2D eigenvalue weighted by Crippen LogP contribution is 2.36. The van der Waals surface area contributed by atoms with Gasteiger partial charge in [0.2, 0.25) is 5.91 Å². The third-order valence-electron chi connectivity index (χ3n) is 4.94. The molecule has 1 aromatic heterocycles. The monoisotopic (exact) mass is 425 g/mol. The molecule has 0 aliphatic carbocycles. The number of amides is 2. The third kappa shape index (κ3) is 4.07. The van der Waals surface area contributed by atoms with Gasteiger partial charge < -0.3 is 34.6 Å². The minimum atomic E-state index is -0.774. The molecule has 0 radical (unpaired) electrons. The number of carbonyl (C=O) groups is 2. The number of aromatic amines is 1. The molecule has 9 nitrogen and oxygen atoms in total. The molecule has 3 N–H and O–H groups in total. The smallest absolute Gasteiger partial charge is 0.268 e. The van der Waals surface area contributed by atoms with Gasteiger partial charge in [-0.1, -0.05) is 0 Å². The first-order valence-corrected chi connectivity index (χ1v) is 9.75. The first-order valence-electron chi connectivity index (χ1n) is 9.75. The summed E-state index contributed by atoms with van der Waals surface area (Å²) in [7, 11) is 3.08. The Morgan fingerprint density at radius 3 is 2.55 bits per heavy atom. The molecule has 3 aromatic rings. The van der Waals surface area contributed by atoms with E-state index in [0.717, 1.165) is 5.52 Å². The van der Waals surface area contributed by atoms with Crippen LogP contribution in [0.3, 0.4) is 0 Å². The predicted octanol–water partition coefficient (Wildman–Crippen LogP) is 2.71. The van der Waals surface area contributed by atoms with Gasteiger partial charge in [0.15, 0.2) is 23.0 Å². The molecule has 1 aliphatic rings. The minimum Gasteiger partial charge on any atom is -0.493 e. The molecule has 31 heavy (non-hydrogen) atoms. The lowest BCUT2D eigenvalue weighted by atomic mass is 10.2. The van der Waals surface area contributed by atoms with Gasteiger partial charge in [0.25, 0.3) is 5.91 Å². The Bertz CT molecular complexity index is 1140. The fourth-order valence-electron chi connectivity index (χ4n) is 3.36. The van der Waals surface area contributed by atoms with E-state index in [1.54, 1.807) is 50.4 Å². The second-order valence-corrected chi connectivity index (χ2v) is 6.99. The van der Waals surface area contributed by atoms with Crippen LogP contribution in [0.2, 0.25) is 0 Å². The summed E-state index contributed by atoms with van der Waals surface area (Å²) in [5.41, 5.74) is 1.58. The molecule has 0 saturated heterocycles. The Hall–Kier alpha value is -3.88. The fourth-order valence-corrected chi connectivity index (χ4v) is 3.36. The second kappa shape index (κ2) is 8.47. The van der Waals surface area contributed by atoms with Crippen molar-refractivity contribution in [1.82, 2.24) is 10.3 Å². The van der Waals surface area contributed by atoms with Gasteiger partial charge >= 0.3 is 0 Å². The molecule has 2 aromatic carbocycles. The summed E-state index contributed by atoms with van der Waals surface area (Å²) in [4.78, 5) is 28.3. The van der Waals surface area contributed by atoms with Crippen molar-refractivity contribution in [1.29, 1.82) is 0 Å². The number of hydrogen-bond acceptors (Lipinski definition) is 6. The van der Waals surface area contributed by atoms with Gasteiger partial charge in [0, 0.05) is 17.1 Å². The quantitative estimate of drug-likeness (QED) is 0.560. The van der Waals surface area contributed by atoms with E-state index in [1.807, 2.05) is 0 Å². The van der Waals surface area contributed by atoms with Crippen molar-refractivity contribution in [3.05, 3.63) is 42.1 Å². The number of ether oxygens (including phenoxy) is 4. The average Bonchev–Trinajstić information content (AvgIpc) is 3.22. The molecule has 1 aliphatic heterocycles. The summed E-state index contributed by atoms with van der Waals surface area (Å²) in [6, 6.07) is 9.59. The van der Waals surface area contributed by atoms with Gasteiger partial charge in [-0.25, -0.2) is 0 Å². The molecule has 9 heteroatoms. The van der Waals surface area contributed by atoms with E-state index in [0.29, 0.717) is 53.0 Å². The molecule has 4 rings (SSSR count). The number of aromatic nitrogens is 1. The molecule has 1 atom stereocenters. The highest BCUT2D eigenvalue weighted by molar-refractivity contribution is 6.03. The minimum absolute atomic E-state index is 0.306. The van der Waals surface area contributed by atoms with E-state index in [-0.39, 0.29) is 5.91 Å². The maximum Gasteiger partial charge on any atom is 0.268 e. The van der Waals surface area contributed by atoms with Gasteiger partial charge in [0.05, 0.1) is 19.7 Å². The first-order chi connectivity index (χ1) is 15.0. The van der Waals surface area contributed by atoms with E-state index < -0.39 is 11.9 Å². The maximum absolute atomic E-state index is 12.7. The molecule has 2 amide bonds. The van der Waals surface area contributed by atoms with Crippen LogP contribution >= 0.6 is 0 Å². The zero-order valence-electron chi connectivity index (χ0n) is 17.4. The van der Waals surface area contributed by atoms with Crippen LogP contribution in [0.1, 0.15) is 17.4 Å². The maximum atomic E-state index is 12.7. The SMILES string of the molecule is COc1ccc2[nH]c(C(=O)N[C@@H](C)C(=O)Nc3ccc4c(c3)OCCO4)cc2c1OC. The van der Waals surface area contributed by atoms with Crippen LogP contribution in [0.5, 0.6) is 23.0 Å². The number of benzene rings is 2. The molecule has 0 bridgehead atoms. The zero-order chi connectivity index (χ0) is 22.0. The van der Waals surface area contributed by atoms with Crippen molar-refractivity contribution >= 4 is 28.4 Å². The topological polar surface area (TPSA) is 111 Å². The first kappa shape index (κ1) is 20.4. The van der Waals surface area contributed by atoms with Crippen LogP contribution in [-0.2, 0) is 4.79 Å². The van der Waals surface area contributed by atoms with Crippen LogP contribution in [-0.4, -0.2) is 50.3 Å². The van der Waals surface area contributed by atoms with Crippen molar-refractivity contribution in [3.8, 4) is 23.0 Å². The summed E-state index contributed by atoms with van der Waals surface area (Å²) < 4.78 is 21.7. The number of anilines is 1. The predicted molar refractivity (Wildman–Crippen MR) is 114 cm³/mol. The Labute approximate surface area is 178 Å². The molecule has 0 spiro atoms. The van der Waals surface area contributed by atoms with Crippen LogP contribution in [0.4, 0.5) is 5.69 Å². The van der Waals surface area contributed by atoms with Gasteiger partial charge in [-0.05, 0) is 37.3 Å². The van der Waals surface area contributed by atoms with Crippen molar-refractivity contribution in [2.75, 3.05) is 32.8 Å². The Balaban J connectivity index is 1.45. The van der Waals surface area contributed by atoms with Crippen molar-refractivity contribution < 1.29 is 28.5 Å². The Kier molecular flexibility index (Phi) is 5.57. The summed E-state index contributed by atoms with van der Waals surface area (Å²) in [6.07, 6.45) is 0. The number of nitrogens with one attached hydrogen (secondary N) is 3. The zero-order valence-corrected chi connectivity index (χ0v) is 17.4. The molecular weight excluding hydrogens is 402 g/mol. The van der Waals surface area contributed by atoms with Crippen molar-refractivity contribution in [2.24, 2.45) is 0 Å². The molecule has 0 unspecified atom stereocenters. The van der Waals surface area contributed by atoms with E-state index in [1.165, 1.54) is 7.11 Å². The third-order valence-corrected chi connectivity index (χ3v) is 4.94. The highest BCUT2D eigenvalue weighted by Gasteiger charge is 2.21. The average molecular weight is 425 g/mol. The van der Waals surface area contributed by atoms with E-state index in [4.69, 9.17) is 18.9 Å². The number of methoxy groups -OCH3 is 2. The normalized spacial score (nSPS) is 13.4. The number of carbonyl (C=O) groups excluding carboxylic acids is 2. The molecule has 162 valence electrons. The second-order valence-electron chi connectivity index (χ2n) is 6.99. The van der Waals surface area contributed by atoms with E-state index in [9.17, 15) is 9.59 Å². The van der Waals surface area contributed by atoms with Gasteiger partial charge in [-0.2, -0.15) is 0 Å². The summed E-state index contributed by atoms with van der Waals surface area (Å²) >= 11 is 0. The number of H-pyrrole nitrogens is 1. The Morgan fingerprint density at radius 1 is 1.03 bits per heavy atom.